The van der Waals surface area contributed by atoms with Gasteiger partial charge in [-0.15, -0.1) is 0 Å². The molecule has 1 aromatic heterocycles. The van der Waals surface area contributed by atoms with Gasteiger partial charge in [-0.3, -0.25) is 9.69 Å². The van der Waals surface area contributed by atoms with E-state index >= 15 is 0 Å². The highest BCUT2D eigenvalue weighted by Gasteiger charge is 2.23. The molecule has 1 fully saturated rings. The molecule has 31 heavy (non-hydrogen) atoms. The lowest BCUT2D eigenvalue weighted by atomic mass is 10.2. The van der Waals surface area contributed by atoms with E-state index in [1.165, 1.54) is 17.1 Å². The topological polar surface area (TPSA) is 79.7 Å². The van der Waals surface area contributed by atoms with Crippen molar-refractivity contribution in [1.82, 2.24) is 24.9 Å². The number of nitrogens with zero attached hydrogens (tertiary/aromatic N) is 4. The van der Waals surface area contributed by atoms with Gasteiger partial charge in [0.15, 0.2) is 0 Å². The summed E-state index contributed by atoms with van der Waals surface area (Å²) >= 11 is 0. The fourth-order valence-corrected chi connectivity index (χ4v) is 3.52. The highest BCUT2D eigenvalue weighted by molar-refractivity contribution is 5.94. The average Bonchev–Trinajstić information content (AvgIpc) is 3.30. The van der Waals surface area contributed by atoms with Crippen molar-refractivity contribution in [3.05, 3.63) is 78.1 Å². The highest BCUT2D eigenvalue weighted by atomic mass is 16.5. The lowest BCUT2D eigenvalue weighted by molar-refractivity contribution is 0.0963. The molecule has 0 aliphatic carbocycles. The SMILES string of the molecule is CNC(=O)c1cnn(C(=O)N2CCN(Cc3cccc(Oc4ccccc4)c3)CC2)c1. The predicted molar refractivity (Wildman–Crippen MR) is 116 cm³/mol. The Hall–Kier alpha value is -3.65. The Balaban J connectivity index is 1.31. The minimum atomic E-state index is -0.262. The lowest BCUT2D eigenvalue weighted by Crippen LogP contribution is -2.49. The van der Waals surface area contributed by atoms with Crippen molar-refractivity contribution in [3.63, 3.8) is 0 Å². The molecule has 3 aromatic rings. The number of benzene rings is 2. The van der Waals surface area contributed by atoms with Crippen molar-refractivity contribution in [3.8, 4) is 11.5 Å². The molecule has 2 heterocycles. The zero-order valence-corrected chi connectivity index (χ0v) is 17.4. The third kappa shape index (κ3) is 5.10. The number of amides is 2. The molecule has 1 aliphatic rings. The van der Waals surface area contributed by atoms with Gasteiger partial charge in [0.05, 0.1) is 11.8 Å². The zero-order valence-electron chi connectivity index (χ0n) is 17.4. The third-order valence-electron chi connectivity index (χ3n) is 5.19. The van der Waals surface area contributed by atoms with E-state index in [0.29, 0.717) is 18.7 Å². The Kier molecular flexibility index (Phi) is 6.28. The summed E-state index contributed by atoms with van der Waals surface area (Å²) in [5.74, 6) is 1.36. The van der Waals surface area contributed by atoms with E-state index in [4.69, 9.17) is 4.74 Å². The number of hydrogen-bond donors (Lipinski definition) is 1. The van der Waals surface area contributed by atoms with Crippen molar-refractivity contribution < 1.29 is 14.3 Å². The van der Waals surface area contributed by atoms with E-state index in [9.17, 15) is 9.59 Å². The van der Waals surface area contributed by atoms with Gasteiger partial charge in [0, 0.05) is 46.0 Å². The van der Waals surface area contributed by atoms with Gasteiger partial charge in [-0.25, -0.2) is 4.79 Å². The summed E-state index contributed by atoms with van der Waals surface area (Å²) < 4.78 is 7.15. The van der Waals surface area contributed by atoms with Crippen LogP contribution in [0.5, 0.6) is 11.5 Å². The second-order valence-electron chi connectivity index (χ2n) is 7.36. The third-order valence-corrected chi connectivity index (χ3v) is 5.19. The number of para-hydroxylation sites is 1. The van der Waals surface area contributed by atoms with Crippen LogP contribution in [0.3, 0.4) is 0 Å². The van der Waals surface area contributed by atoms with Gasteiger partial charge in [-0.2, -0.15) is 9.78 Å². The number of nitrogens with one attached hydrogen (secondary N) is 1. The molecule has 0 radical (unpaired) electrons. The summed E-state index contributed by atoms with van der Waals surface area (Å²) in [7, 11) is 1.55. The van der Waals surface area contributed by atoms with Gasteiger partial charge in [-0.1, -0.05) is 30.3 Å². The Labute approximate surface area is 181 Å². The molecule has 8 nitrogen and oxygen atoms in total. The zero-order chi connectivity index (χ0) is 21.6. The molecular formula is C23H25N5O3. The van der Waals surface area contributed by atoms with Crippen molar-refractivity contribution in [2.24, 2.45) is 0 Å². The molecular weight excluding hydrogens is 394 g/mol. The van der Waals surface area contributed by atoms with E-state index in [0.717, 1.165) is 36.7 Å². The van der Waals surface area contributed by atoms with E-state index in [1.54, 1.807) is 11.9 Å². The van der Waals surface area contributed by atoms with Gasteiger partial charge in [0.2, 0.25) is 0 Å². The maximum absolute atomic E-state index is 12.7. The van der Waals surface area contributed by atoms with Crippen molar-refractivity contribution in [1.29, 1.82) is 0 Å². The van der Waals surface area contributed by atoms with Crippen LogP contribution >= 0.6 is 0 Å². The first kappa shape index (κ1) is 20.6. The number of hydrogen-bond acceptors (Lipinski definition) is 5. The number of carbonyl (C=O) groups excluding carboxylic acids is 2. The van der Waals surface area contributed by atoms with Crippen LogP contribution in [0.4, 0.5) is 4.79 Å². The van der Waals surface area contributed by atoms with Crippen LogP contribution in [0.2, 0.25) is 0 Å². The highest BCUT2D eigenvalue weighted by Crippen LogP contribution is 2.22. The quantitative estimate of drug-likeness (QED) is 0.688. The Bertz CT molecular complexity index is 1040. The maximum Gasteiger partial charge on any atom is 0.344 e. The fourth-order valence-electron chi connectivity index (χ4n) is 3.52. The van der Waals surface area contributed by atoms with E-state index in [-0.39, 0.29) is 11.9 Å². The van der Waals surface area contributed by atoms with Crippen molar-refractivity contribution >= 4 is 11.9 Å². The molecule has 4 rings (SSSR count). The summed E-state index contributed by atoms with van der Waals surface area (Å²) in [5, 5.41) is 6.55. The molecule has 0 unspecified atom stereocenters. The molecule has 2 amide bonds. The summed E-state index contributed by atoms with van der Waals surface area (Å²) in [6.45, 7) is 3.52. The van der Waals surface area contributed by atoms with Crippen molar-refractivity contribution in [2.45, 2.75) is 6.54 Å². The van der Waals surface area contributed by atoms with Crippen LogP contribution < -0.4 is 10.1 Å². The number of piperazine rings is 1. The molecule has 1 saturated heterocycles. The molecule has 2 aromatic carbocycles. The molecule has 0 saturated carbocycles. The molecule has 1 aliphatic heterocycles. The Morgan fingerprint density at radius 3 is 2.48 bits per heavy atom. The summed E-state index contributed by atoms with van der Waals surface area (Å²) in [6, 6.07) is 17.6. The Morgan fingerprint density at radius 2 is 1.74 bits per heavy atom. The van der Waals surface area contributed by atoms with E-state index in [2.05, 4.69) is 27.4 Å². The number of aromatic nitrogens is 2. The second kappa shape index (κ2) is 9.44. The smallest absolute Gasteiger partial charge is 0.344 e. The number of rotatable bonds is 5. The minimum absolute atomic E-state index is 0.215. The number of ether oxygens (including phenoxy) is 1. The molecule has 0 atom stereocenters. The van der Waals surface area contributed by atoms with Crippen LogP contribution in [0.1, 0.15) is 15.9 Å². The first-order valence-electron chi connectivity index (χ1n) is 10.2. The molecule has 8 heteroatoms. The normalized spacial score (nSPS) is 14.3. The average molecular weight is 419 g/mol. The molecule has 1 N–H and O–H groups in total. The lowest BCUT2D eigenvalue weighted by Gasteiger charge is -2.34. The maximum atomic E-state index is 12.7. The van der Waals surface area contributed by atoms with E-state index < -0.39 is 0 Å². The van der Waals surface area contributed by atoms with E-state index in [1.807, 2.05) is 42.5 Å². The summed E-state index contributed by atoms with van der Waals surface area (Å²) in [6.07, 6.45) is 2.86. The number of carbonyl (C=O) groups is 2. The van der Waals surface area contributed by atoms with Crippen molar-refractivity contribution in [2.75, 3.05) is 33.2 Å². The molecule has 0 bridgehead atoms. The van der Waals surface area contributed by atoms with Crippen LogP contribution in [-0.4, -0.2) is 64.7 Å². The van der Waals surface area contributed by atoms with Crippen LogP contribution in [0.15, 0.2) is 67.0 Å². The first-order valence-corrected chi connectivity index (χ1v) is 10.2. The van der Waals surface area contributed by atoms with Gasteiger partial charge < -0.3 is 15.0 Å². The van der Waals surface area contributed by atoms with Crippen LogP contribution in [-0.2, 0) is 6.54 Å². The Morgan fingerprint density at radius 1 is 1.00 bits per heavy atom. The minimum Gasteiger partial charge on any atom is -0.457 e. The predicted octanol–water partition coefficient (Wildman–Crippen LogP) is 2.82. The van der Waals surface area contributed by atoms with Crippen LogP contribution in [0.25, 0.3) is 0 Å². The second-order valence-corrected chi connectivity index (χ2v) is 7.36. The summed E-state index contributed by atoms with van der Waals surface area (Å²) in [4.78, 5) is 28.4. The van der Waals surface area contributed by atoms with Gasteiger partial charge >= 0.3 is 6.03 Å². The fraction of sp³-hybridized carbons (Fsp3) is 0.261. The van der Waals surface area contributed by atoms with Gasteiger partial charge in [-0.05, 0) is 29.8 Å². The summed E-state index contributed by atoms with van der Waals surface area (Å²) in [5.41, 5.74) is 1.53. The first-order chi connectivity index (χ1) is 15.1. The van der Waals surface area contributed by atoms with Gasteiger partial charge in [0.1, 0.15) is 11.5 Å². The molecule has 0 spiro atoms. The molecule has 160 valence electrons. The largest absolute Gasteiger partial charge is 0.457 e. The van der Waals surface area contributed by atoms with Gasteiger partial charge in [0.25, 0.3) is 5.91 Å². The van der Waals surface area contributed by atoms with Crippen LogP contribution in [0, 0.1) is 0 Å². The standard InChI is InChI=1S/C23H25N5O3/c1-24-22(29)19-15-25-28(17-19)23(30)27-12-10-26(11-13-27)16-18-6-5-9-21(14-18)31-20-7-3-2-4-8-20/h2-9,14-15,17H,10-13,16H2,1H3,(H,24,29). The monoisotopic (exact) mass is 419 g/mol.